The standard InChI is InChI=1S/C66H52N2.C48H34N2/c1-65(2)61-21-13-11-19-57(61)59-41-39-55(43-63(59)65)67(51-31-23-47(24-32-51)45-15-7-5-8-16-45)53-35-27-49(28-36-53)50-29-37-54(38-30-50)68(52-33-25-48(26-34-52)46-17-9-6-10-18-46)56-40-42-60-58-20-12-14-22-62(58)66(3,4)64(60)44-56;1-3-11-35(12-4-1)37-19-27-41(28-20-37)49(42-29-21-38(22-30-42)36-13-5-2-6-14-36)43-31-23-39(24-32-43)40-25-33-44(34-26-40)50-47-17-9-7-15-45(47)46-16-8-10-18-48(46)50/h5-44H,1-4H3;1-34H. The fraction of sp³-hybridized carbons (Fsp3) is 0.0526. The van der Waals surface area contributed by atoms with Gasteiger partial charge >= 0.3 is 0 Å². The molecule has 21 rings (SSSR count). The third-order valence-corrected chi connectivity index (χ3v) is 24.3. The normalized spacial score (nSPS) is 12.5. The molecule has 1 aromatic heterocycles. The van der Waals surface area contributed by atoms with Gasteiger partial charge in [0.05, 0.1) is 11.0 Å². The van der Waals surface area contributed by atoms with Crippen LogP contribution in [0.3, 0.4) is 0 Å². The lowest BCUT2D eigenvalue weighted by Crippen LogP contribution is -2.16. The Labute approximate surface area is 692 Å². The fourth-order valence-corrected chi connectivity index (χ4v) is 18.2. The molecule has 2 aliphatic carbocycles. The minimum absolute atomic E-state index is 0.106. The second kappa shape index (κ2) is 30.5. The van der Waals surface area contributed by atoms with Gasteiger partial charge in [-0.2, -0.15) is 0 Å². The second-order valence-electron chi connectivity index (χ2n) is 32.0. The van der Waals surface area contributed by atoms with Gasteiger partial charge in [0.2, 0.25) is 0 Å². The molecular formula is C114H86N4. The van der Waals surface area contributed by atoms with Gasteiger partial charge in [0.25, 0.3) is 0 Å². The predicted molar refractivity (Wildman–Crippen MR) is 499 cm³/mol. The summed E-state index contributed by atoms with van der Waals surface area (Å²) in [6, 6.07) is 163. The molecule has 0 spiro atoms. The van der Waals surface area contributed by atoms with Crippen LogP contribution in [0.25, 0.3) is 117 Å². The molecule has 0 saturated carbocycles. The molecule has 18 aromatic carbocycles. The van der Waals surface area contributed by atoms with Crippen LogP contribution in [0, 0.1) is 0 Å². The number of hydrogen-bond acceptors (Lipinski definition) is 3. The number of rotatable bonds is 16. The average molecular weight is 1510 g/mol. The highest BCUT2D eigenvalue weighted by molar-refractivity contribution is 6.09. The van der Waals surface area contributed by atoms with Gasteiger partial charge in [-0.1, -0.05) is 343 Å². The maximum absolute atomic E-state index is 2.41. The SMILES string of the molecule is CC1(C)c2ccccc2-c2ccc(N(c3ccc(-c4ccccc4)cc3)c3ccc(-c4ccc(N(c5ccc(-c6ccccc6)cc5)c5ccc6c(c5)C(C)(C)c5ccccc5-6)cc4)cc3)cc21.c1ccc(-c2ccc(N(c3ccc(-c4ccccc4)cc3)c3ccc(-c4ccc(-n5c6ccccc6c6ccccc65)cc4)cc3)cc2)cc1. The summed E-state index contributed by atoms with van der Waals surface area (Å²) in [4.78, 5) is 7.13. The first kappa shape index (κ1) is 72.1. The van der Waals surface area contributed by atoms with Crippen molar-refractivity contribution in [1.29, 1.82) is 0 Å². The Balaban J connectivity index is 0.000000159. The van der Waals surface area contributed by atoms with Crippen LogP contribution in [0.2, 0.25) is 0 Å². The van der Waals surface area contributed by atoms with Gasteiger partial charge in [0.15, 0.2) is 0 Å². The van der Waals surface area contributed by atoms with Crippen molar-refractivity contribution in [3.8, 4) is 94.7 Å². The topological polar surface area (TPSA) is 14.7 Å². The maximum Gasteiger partial charge on any atom is 0.0541 e. The first-order valence-electron chi connectivity index (χ1n) is 40.9. The molecule has 1 heterocycles. The number of nitrogens with zero attached hydrogens (tertiary/aromatic N) is 4. The summed E-state index contributed by atoms with van der Waals surface area (Å²) in [6.45, 7) is 9.42. The van der Waals surface area contributed by atoms with Crippen LogP contribution in [-0.2, 0) is 10.8 Å². The average Bonchev–Trinajstić information content (AvgIpc) is 1.59. The highest BCUT2D eigenvalue weighted by Crippen LogP contribution is 2.53. The van der Waals surface area contributed by atoms with Gasteiger partial charge in [-0.3, -0.25) is 0 Å². The predicted octanol–water partition coefficient (Wildman–Crippen LogP) is 31.5. The molecule has 0 bridgehead atoms. The monoisotopic (exact) mass is 1510 g/mol. The van der Waals surface area contributed by atoms with E-state index in [1.54, 1.807) is 0 Å². The van der Waals surface area contributed by atoms with E-state index in [0.717, 1.165) is 56.9 Å². The van der Waals surface area contributed by atoms with E-state index in [9.17, 15) is 0 Å². The van der Waals surface area contributed by atoms with Crippen LogP contribution in [0.5, 0.6) is 0 Å². The van der Waals surface area contributed by atoms with Gasteiger partial charge in [-0.25, -0.2) is 0 Å². The molecule has 0 aliphatic heterocycles. The van der Waals surface area contributed by atoms with Gasteiger partial charge in [-0.05, 0) is 245 Å². The third kappa shape index (κ3) is 13.4. The Morgan fingerprint density at radius 2 is 0.373 bits per heavy atom. The summed E-state index contributed by atoms with van der Waals surface area (Å²) in [7, 11) is 0. The van der Waals surface area contributed by atoms with Crippen LogP contribution in [0.1, 0.15) is 49.9 Å². The van der Waals surface area contributed by atoms with Gasteiger partial charge in [-0.15, -0.1) is 0 Å². The number of para-hydroxylation sites is 2. The summed E-state index contributed by atoms with van der Waals surface area (Å²) in [5, 5.41) is 2.55. The van der Waals surface area contributed by atoms with Crippen LogP contribution in [0.15, 0.2) is 449 Å². The lowest BCUT2D eigenvalue weighted by Gasteiger charge is -2.29. The zero-order valence-electron chi connectivity index (χ0n) is 66.5. The second-order valence-corrected chi connectivity index (χ2v) is 32.0. The van der Waals surface area contributed by atoms with Gasteiger partial charge in [0, 0.05) is 78.5 Å². The number of aromatic nitrogens is 1. The molecule has 2 aliphatic rings. The van der Waals surface area contributed by atoms with Crippen LogP contribution in [-0.4, -0.2) is 4.57 Å². The Kier molecular flexibility index (Phi) is 18.6. The minimum atomic E-state index is -0.106. The van der Waals surface area contributed by atoms with E-state index >= 15 is 0 Å². The summed E-state index contributed by atoms with van der Waals surface area (Å²) in [6.07, 6.45) is 0. The summed E-state index contributed by atoms with van der Waals surface area (Å²) in [5.74, 6) is 0. The van der Waals surface area contributed by atoms with Gasteiger partial charge in [0.1, 0.15) is 0 Å². The molecule has 0 unspecified atom stereocenters. The van der Waals surface area contributed by atoms with Crippen molar-refractivity contribution < 1.29 is 0 Å². The van der Waals surface area contributed by atoms with E-state index in [2.05, 4.69) is 496 Å². The van der Waals surface area contributed by atoms with E-state index < -0.39 is 0 Å². The Morgan fingerprint density at radius 1 is 0.169 bits per heavy atom. The molecule has 0 radical (unpaired) electrons. The Hall–Kier alpha value is -14.8. The molecule has 118 heavy (non-hydrogen) atoms. The third-order valence-electron chi connectivity index (χ3n) is 24.3. The zero-order chi connectivity index (χ0) is 79.3. The zero-order valence-corrected chi connectivity index (χ0v) is 66.5. The first-order chi connectivity index (χ1) is 58.0. The number of fused-ring (bicyclic) bond motifs is 9. The van der Waals surface area contributed by atoms with E-state index in [4.69, 9.17) is 0 Å². The first-order valence-corrected chi connectivity index (χ1v) is 40.9. The van der Waals surface area contributed by atoms with Gasteiger partial charge < -0.3 is 19.3 Å². The molecule has 0 N–H and O–H groups in total. The van der Waals surface area contributed by atoms with Crippen LogP contribution < -0.4 is 14.7 Å². The number of hydrogen-bond donors (Lipinski definition) is 0. The lowest BCUT2D eigenvalue weighted by atomic mass is 9.82. The summed E-state index contributed by atoms with van der Waals surface area (Å²) < 4.78 is 2.36. The van der Waals surface area contributed by atoms with E-state index in [-0.39, 0.29) is 10.8 Å². The van der Waals surface area contributed by atoms with Crippen molar-refractivity contribution in [2.45, 2.75) is 38.5 Å². The molecule has 4 nitrogen and oxygen atoms in total. The highest BCUT2D eigenvalue weighted by atomic mass is 15.2. The molecule has 562 valence electrons. The molecule has 4 heteroatoms. The minimum Gasteiger partial charge on any atom is -0.311 e. The van der Waals surface area contributed by atoms with Crippen LogP contribution in [0.4, 0.5) is 51.2 Å². The molecule has 19 aromatic rings. The number of benzene rings is 18. The van der Waals surface area contributed by atoms with E-state index in [1.165, 1.54) is 133 Å². The van der Waals surface area contributed by atoms with Crippen LogP contribution >= 0.6 is 0 Å². The van der Waals surface area contributed by atoms with Crippen molar-refractivity contribution in [2.75, 3.05) is 14.7 Å². The van der Waals surface area contributed by atoms with Crippen molar-refractivity contribution >= 4 is 73.0 Å². The summed E-state index contributed by atoms with van der Waals surface area (Å²) in [5.41, 5.74) is 38.6. The summed E-state index contributed by atoms with van der Waals surface area (Å²) >= 11 is 0. The number of anilines is 9. The molecular weight excluding hydrogens is 1430 g/mol. The van der Waals surface area contributed by atoms with Crippen molar-refractivity contribution in [1.82, 2.24) is 4.57 Å². The molecule has 0 saturated heterocycles. The largest absolute Gasteiger partial charge is 0.311 e. The fourth-order valence-electron chi connectivity index (χ4n) is 18.2. The smallest absolute Gasteiger partial charge is 0.0541 e. The Morgan fingerprint density at radius 3 is 0.653 bits per heavy atom. The van der Waals surface area contributed by atoms with Crippen molar-refractivity contribution in [3.63, 3.8) is 0 Å². The molecule has 0 atom stereocenters. The molecule has 0 fully saturated rings. The quantitative estimate of drug-likeness (QED) is 0.0958. The Bertz CT molecular complexity index is 6440. The van der Waals surface area contributed by atoms with E-state index in [0.29, 0.717) is 0 Å². The lowest BCUT2D eigenvalue weighted by molar-refractivity contribution is 0.660. The van der Waals surface area contributed by atoms with Crippen molar-refractivity contribution in [3.05, 3.63) is 471 Å². The maximum atomic E-state index is 2.41. The van der Waals surface area contributed by atoms with Crippen molar-refractivity contribution in [2.24, 2.45) is 0 Å². The highest BCUT2D eigenvalue weighted by Gasteiger charge is 2.38. The van der Waals surface area contributed by atoms with E-state index in [1.807, 2.05) is 0 Å². The molecule has 0 amide bonds.